The number of likely N-dealkylation sites (N-methyl/N-ethyl adjacent to an activating group) is 1. The molecule has 1 atom stereocenters. The van der Waals surface area contributed by atoms with Crippen molar-refractivity contribution in [2.45, 2.75) is 31.7 Å². The highest BCUT2D eigenvalue weighted by Gasteiger charge is 2.26. The third-order valence-electron chi connectivity index (χ3n) is 4.57. The van der Waals surface area contributed by atoms with E-state index in [1.54, 1.807) is 11.1 Å². The van der Waals surface area contributed by atoms with E-state index in [9.17, 15) is 0 Å². The van der Waals surface area contributed by atoms with Crippen molar-refractivity contribution in [1.82, 2.24) is 9.80 Å². The summed E-state index contributed by atoms with van der Waals surface area (Å²) in [6.07, 6.45) is 5.37. The number of hydrogen-bond acceptors (Lipinski definition) is 2. The number of fused-ring (bicyclic) bond motifs is 1. The maximum atomic E-state index is 2.71. The molecule has 0 N–H and O–H groups in total. The lowest BCUT2D eigenvalue weighted by Crippen LogP contribution is -2.46. The first-order valence-electron chi connectivity index (χ1n) is 7.35. The molecule has 1 saturated heterocycles. The van der Waals surface area contributed by atoms with Crippen LogP contribution in [0.25, 0.3) is 0 Å². The molecule has 1 unspecified atom stereocenters. The molecule has 1 aromatic rings. The second-order valence-corrected chi connectivity index (χ2v) is 5.80. The molecule has 98 valence electrons. The zero-order valence-corrected chi connectivity index (χ0v) is 11.4. The van der Waals surface area contributed by atoms with Crippen LogP contribution in [-0.2, 0) is 6.42 Å². The van der Waals surface area contributed by atoms with Crippen LogP contribution in [0.5, 0.6) is 0 Å². The second-order valence-electron chi connectivity index (χ2n) is 5.80. The standard InChI is InChI=1S/C16H24N2/c1-17-10-12-18(13-11-17)16-9-5-3-7-14-6-2-4-8-15(14)16/h2,4,6,8,16H,3,5,7,9-13H2,1H3. The zero-order chi connectivity index (χ0) is 12.4. The summed E-state index contributed by atoms with van der Waals surface area (Å²) in [7, 11) is 2.23. The molecular weight excluding hydrogens is 220 g/mol. The van der Waals surface area contributed by atoms with Crippen molar-refractivity contribution in [3.8, 4) is 0 Å². The molecule has 0 radical (unpaired) electrons. The normalized spacial score (nSPS) is 26.6. The molecule has 18 heavy (non-hydrogen) atoms. The first-order chi connectivity index (χ1) is 8.84. The minimum absolute atomic E-state index is 0.678. The number of rotatable bonds is 1. The van der Waals surface area contributed by atoms with Gasteiger partial charge >= 0.3 is 0 Å². The van der Waals surface area contributed by atoms with Gasteiger partial charge in [-0.25, -0.2) is 0 Å². The van der Waals surface area contributed by atoms with E-state index in [0.29, 0.717) is 6.04 Å². The molecule has 1 aliphatic carbocycles. The van der Waals surface area contributed by atoms with Crippen LogP contribution in [0.1, 0.15) is 36.4 Å². The molecule has 0 bridgehead atoms. The Morgan fingerprint density at radius 3 is 2.61 bits per heavy atom. The molecule has 0 aromatic heterocycles. The molecule has 0 spiro atoms. The fourth-order valence-corrected chi connectivity index (χ4v) is 3.41. The van der Waals surface area contributed by atoms with Crippen LogP contribution in [0.2, 0.25) is 0 Å². The van der Waals surface area contributed by atoms with Crippen molar-refractivity contribution in [3.05, 3.63) is 35.4 Å². The molecule has 0 amide bonds. The fourth-order valence-electron chi connectivity index (χ4n) is 3.41. The van der Waals surface area contributed by atoms with E-state index < -0.39 is 0 Å². The Hall–Kier alpha value is -0.860. The molecule has 1 aromatic carbocycles. The van der Waals surface area contributed by atoms with Gasteiger partial charge in [0, 0.05) is 32.2 Å². The number of hydrogen-bond donors (Lipinski definition) is 0. The zero-order valence-electron chi connectivity index (χ0n) is 11.4. The monoisotopic (exact) mass is 244 g/mol. The van der Waals surface area contributed by atoms with Gasteiger partial charge in [0.1, 0.15) is 0 Å². The van der Waals surface area contributed by atoms with Crippen molar-refractivity contribution in [3.63, 3.8) is 0 Å². The highest BCUT2D eigenvalue weighted by atomic mass is 15.3. The van der Waals surface area contributed by atoms with Crippen LogP contribution in [0.4, 0.5) is 0 Å². The first kappa shape index (κ1) is 12.2. The van der Waals surface area contributed by atoms with E-state index >= 15 is 0 Å². The lowest BCUT2D eigenvalue weighted by Gasteiger charge is -2.38. The summed E-state index contributed by atoms with van der Waals surface area (Å²) < 4.78 is 0. The highest BCUT2D eigenvalue weighted by molar-refractivity contribution is 5.31. The first-order valence-corrected chi connectivity index (χ1v) is 7.35. The quantitative estimate of drug-likeness (QED) is 0.701. The van der Waals surface area contributed by atoms with Crippen molar-refractivity contribution in [1.29, 1.82) is 0 Å². The van der Waals surface area contributed by atoms with E-state index in [1.807, 2.05) is 0 Å². The van der Waals surface area contributed by atoms with Gasteiger partial charge < -0.3 is 4.90 Å². The van der Waals surface area contributed by atoms with E-state index in [4.69, 9.17) is 0 Å². The number of aryl methyl sites for hydroxylation is 1. The van der Waals surface area contributed by atoms with Crippen molar-refractivity contribution in [2.75, 3.05) is 33.2 Å². The Morgan fingerprint density at radius 2 is 1.78 bits per heavy atom. The van der Waals surface area contributed by atoms with Crippen LogP contribution in [-0.4, -0.2) is 43.0 Å². The number of piperazine rings is 1. The van der Waals surface area contributed by atoms with Gasteiger partial charge in [-0.2, -0.15) is 0 Å². The second kappa shape index (κ2) is 5.41. The minimum Gasteiger partial charge on any atom is -0.304 e. The predicted octanol–water partition coefficient (Wildman–Crippen LogP) is 2.70. The summed E-state index contributed by atoms with van der Waals surface area (Å²) >= 11 is 0. The Bertz CT molecular complexity index is 394. The summed E-state index contributed by atoms with van der Waals surface area (Å²) in [5.41, 5.74) is 3.21. The minimum atomic E-state index is 0.678. The molecule has 1 fully saturated rings. The summed E-state index contributed by atoms with van der Waals surface area (Å²) in [5.74, 6) is 0. The predicted molar refractivity (Wildman–Crippen MR) is 75.8 cm³/mol. The van der Waals surface area contributed by atoms with Crippen LogP contribution in [0, 0.1) is 0 Å². The molecule has 2 heteroatoms. The number of benzene rings is 1. The SMILES string of the molecule is CN1CCN(C2CCCCc3ccccc32)CC1. The third kappa shape index (κ3) is 2.45. The van der Waals surface area contributed by atoms with Crippen molar-refractivity contribution in [2.24, 2.45) is 0 Å². The van der Waals surface area contributed by atoms with Crippen LogP contribution in [0.15, 0.2) is 24.3 Å². The van der Waals surface area contributed by atoms with Gasteiger partial charge in [-0.3, -0.25) is 4.90 Å². The molecular formula is C16H24N2. The maximum absolute atomic E-state index is 2.71. The van der Waals surface area contributed by atoms with Crippen LogP contribution < -0.4 is 0 Å². The van der Waals surface area contributed by atoms with Gasteiger partial charge in [0.05, 0.1) is 0 Å². The maximum Gasteiger partial charge on any atom is 0.0351 e. The molecule has 2 aliphatic rings. The average molecular weight is 244 g/mol. The lowest BCUT2D eigenvalue weighted by atomic mass is 9.97. The summed E-state index contributed by atoms with van der Waals surface area (Å²) in [6.45, 7) is 4.91. The van der Waals surface area contributed by atoms with Gasteiger partial charge in [-0.05, 0) is 37.4 Å². The summed E-state index contributed by atoms with van der Waals surface area (Å²) in [4.78, 5) is 5.16. The largest absolute Gasteiger partial charge is 0.304 e. The molecule has 0 saturated carbocycles. The smallest absolute Gasteiger partial charge is 0.0351 e. The van der Waals surface area contributed by atoms with Gasteiger partial charge in [0.25, 0.3) is 0 Å². The Balaban J connectivity index is 1.83. The molecule has 1 heterocycles. The van der Waals surface area contributed by atoms with Gasteiger partial charge in [-0.15, -0.1) is 0 Å². The van der Waals surface area contributed by atoms with E-state index in [2.05, 4.69) is 41.1 Å². The third-order valence-corrected chi connectivity index (χ3v) is 4.57. The summed E-state index contributed by atoms with van der Waals surface area (Å²) in [5, 5.41) is 0. The molecule has 3 rings (SSSR count). The van der Waals surface area contributed by atoms with Gasteiger partial charge in [0.15, 0.2) is 0 Å². The Kier molecular flexibility index (Phi) is 3.67. The van der Waals surface area contributed by atoms with E-state index in [1.165, 1.54) is 51.9 Å². The Labute approximate surface area is 111 Å². The van der Waals surface area contributed by atoms with E-state index in [0.717, 1.165) is 0 Å². The molecule has 1 aliphatic heterocycles. The average Bonchev–Trinajstić information content (AvgIpc) is 2.62. The summed E-state index contributed by atoms with van der Waals surface area (Å²) in [6, 6.07) is 9.79. The number of nitrogens with zero attached hydrogens (tertiary/aromatic N) is 2. The van der Waals surface area contributed by atoms with Crippen LogP contribution in [0.3, 0.4) is 0 Å². The lowest BCUT2D eigenvalue weighted by molar-refractivity contribution is 0.106. The van der Waals surface area contributed by atoms with Crippen molar-refractivity contribution < 1.29 is 0 Å². The highest BCUT2D eigenvalue weighted by Crippen LogP contribution is 2.33. The van der Waals surface area contributed by atoms with Crippen molar-refractivity contribution >= 4 is 0 Å². The molecule has 2 nitrogen and oxygen atoms in total. The van der Waals surface area contributed by atoms with Gasteiger partial charge in [0.2, 0.25) is 0 Å². The van der Waals surface area contributed by atoms with Gasteiger partial charge in [-0.1, -0.05) is 30.7 Å². The van der Waals surface area contributed by atoms with Crippen LogP contribution >= 0.6 is 0 Å². The fraction of sp³-hybridized carbons (Fsp3) is 0.625. The van der Waals surface area contributed by atoms with E-state index in [-0.39, 0.29) is 0 Å². The topological polar surface area (TPSA) is 6.48 Å². The Morgan fingerprint density at radius 1 is 1.00 bits per heavy atom.